The highest BCUT2D eigenvalue weighted by atomic mass is 19.4. The predicted molar refractivity (Wildman–Crippen MR) is 118 cm³/mol. The van der Waals surface area contributed by atoms with Crippen LogP contribution in [0.25, 0.3) is 11.3 Å². The van der Waals surface area contributed by atoms with E-state index in [2.05, 4.69) is 20.3 Å². The molecule has 0 fully saturated rings. The average molecular weight is 467 g/mol. The predicted octanol–water partition coefficient (Wildman–Crippen LogP) is 5.37. The molecule has 0 bridgehead atoms. The van der Waals surface area contributed by atoms with Gasteiger partial charge in [-0.3, -0.25) is 0 Å². The molecule has 0 aliphatic carbocycles. The number of nitrogens with zero attached hydrogens (tertiary/aromatic N) is 3. The third-order valence-corrected chi connectivity index (χ3v) is 4.56. The number of hydrogen-bond donors (Lipinski definition) is 3. The molecule has 0 spiro atoms. The number of pyridine rings is 1. The van der Waals surface area contributed by atoms with Crippen molar-refractivity contribution in [3.63, 3.8) is 0 Å². The molecule has 2 aromatic carbocycles. The topological polar surface area (TPSA) is 123 Å². The molecule has 0 atom stereocenters. The van der Waals surface area contributed by atoms with Gasteiger partial charge in [-0.05, 0) is 42.5 Å². The highest BCUT2D eigenvalue weighted by molar-refractivity contribution is 5.85. The number of carboxylic acids is 1. The molecular formula is C23H16F3N5O3. The third-order valence-electron chi connectivity index (χ3n) is 4.56. The van der Waals surface area contributed by atoms with Gasteiger partial charge in [0.25, 0.3) is 0 Å². The van der Waals surface area contributed by atoms with E-state index in [1.807, 2.05) is 0 Å². The summed E-state index contributed by atoms with van der Waals surface area (Å²) in [5.41, 5.74) is 6.32. The van der Waals surface area contributed by atoms with E-state index in [1.165, 1.54) is 30.5 Å². The standard InChI is InChI=1S/C23H16F3N5O3/c24-23(25,26)14-3-1-13(2-4-14)18-12-20(31-22(27)30-18)29-15-5-7-16(8-6-15)34-17-9-10-28-19(11-17)21(32)33/h1-12H,(H,32,33)(H3,27,29,30,31). The Morgan fingerprint density at radius 2 is 1.65 bits per heavy atom. The van der Waals surface area contributed by atoms with Gasteiger partial charge in [0.15, 0.2) is 5.69 Å². The molecule has 4 N–H and O–H groups in total. The van der Waals surface area contributed by atoms with Gasteiger partial charge in [-0.25, -0.2) is 14.8 Å². The minimum absolute atomic E-state index is 0.0493. The highest BCUT2D eigenvalue weighted by Crippen LogP contribution is 2.31. The third kappa shape index (κ3) is 5.38. The summed E-state index contributed by atoms with van der Waals surface area (Å²) in [6, 6.07) is 15.7. The van der Waals surface area contributed by atoms with E-state index in [-0.39, 0.29) is 11.6 Å². The molecule has 2 heterocycles. The molecule has 11 heteroatoms. The van der Waals surface area contributed by atoms with E-state index in [0.29, 0.717) is 34.3 Å². The first-order chi connectivity index (χ1) is 16.2. The molecule has 0 saturated heterocycles. The molecule has 2 aromatic heterocycles. The van der Waals surface area contributed by atoms with Gasteiger partial charge in [-0.15, -0.1) is 0 Å². The summed E-state index contributed by atoms with van der Waals surface area (Å²) < 4.78 is 44.1. The number of aromatic carboxylic acids is 1. The van der Waals surface area contributed by atoms with Gasteiger partial charge < -0.3 is 20.9 Å². The van der Waals surface area contributed by atoms with E-state index < -0.39 is 17.7 Å². The molecular weight excluding hydrogens is 451 g/mol. The molecule has 0 radical (unpaired) electrons. The molecule has 0 aliphatic rings. The average Bonchev–Trinajstić information content (AvgIpc) is 2.80. The lowest BCUT2D eigenvalue weighted by molar-refractivity contribution is -0.137. The van der Waals surface area contributed by atoms with Gasteiger partial charge in [-0.2, -0.15) is 18.2 Å². The van der Waals surface area contributed by atoms with Gasteiger partial charge in [0.2, 0.25) is 5.95 Å². The number of benzene rings is 2. The van der Waals surface area contributed by atoms with E-state index in [4.69, 9.17) is 15.6 Å². The fraction of sp³-hybridized carbons (Fsp3) is 0.0435. The molecule has 0 amide bonds. The summed E-state index contributed by atoms with van der Waals surface area (Å²) in [7, 11) is 0. The smallest absolute Gasteiger partial charge is 0.416 e. The van der Waals surface area contributed by atoms with Crippen molar-refractivity contribution in [2.75, 3.05) is 11.1 Å². The van der Waals surface area contributed by atoms with Crippen molar-refractivity contribution < 1.29 is 27.8 Å². The first kappa shape index (κ1) is 22.5. The van der Waals surface area contributed by atoms with Gasteiger partial charge in [0.05, 0.1) is 11.3 Å². The molecule has 4 aromatic rings. The Kier molecular flexibility index (Phi) is 6.00. The Morgan fingerprint density at radius 1 is 0.941 bits per heavy atom. The van der Waals surface area contributed by atoms with Crippen LogP contribution in [0.1, 0.15) is 16.1 Å². The van der Waals surface area contributed by atoms with E-state index in [1.54, 1.807) is 30.3 Å². The van der Waals surface area contributed by atoms with Gasteiger partial charge in [0.1, 0.15) is 17.3 Å². The number of carboxylic acid groups (broad SMARTS) is 1. The van der Waals surface area contributed by atoms with Gasteiger partial charge in [-0.1, -0.05) is 12.1 Å². The molecule has 0 saturated carbocycles. The van der Waals surface area contributed by atoms with E-state index in [9.17, 15) is 18.0 Å². The molecule has 0 aliphatic heterocycles. The number of ether oxygens (including phenoxy) is 1. The molecule has 8 nitrogen and oxygen atoms in total. The lowest BCUT2D eigenvalue weighted by atomic mass is 10.1. The first-order valence-corrected chi connectivity index (χ1v) is 9.74. The summed E-state index contributed by atoms with van der Waals surface area (Å²) in [5.74, 6) is -0.0912. The minimum atomic E-state index is -4.43. The maximum Gasteiger partial charge on any atom is 0.416 e. The lowest BCUT2D eigenvalue weighted by Gasteiger charge is -2.11. The summed E-state index contributed by atoms with van der Waals surface area (Å²) in [6.07, 6.45) is -3.09. The molecule has 0 unspecified atom stereocenters. The number of nitrogens with two attached hydrogens (primary N) is 1. The van der Waals surface area contributed by atoms with Crippen LogP contribution in [-0.2, 0) is 6.18 Å². The molecule has 4 rings (SSSR count). The van der Waals surface area contributed by atoms with Crippen LogP contribution >= 0.6 is 0 Å². The molecule has 172 valence electrons. The zero-order valence-corrected chi connectivity index (χ0v) is 17.2. The Bertz CT molecular complexity index is 1330. The quantitative estimate of drug-likeness (QED) is 0.346. The zero-order chi connectivity index (χ0) is 24.3. The monoisotopic (exact) mass is 467 g/mol. The van der Waals surface area contributed by atoms with Crippen LogP contribution in [0.5, 0.6) is 11.5 Å². The van der Waals surface area contributed by atoms with Gasteiger partial charge in [0, 0.05) is 29.6 Å². The van der Waals surface area contributed by atoms with Gasteiger partial charge >= 0.3 is 12.1 Å². The van der Waals surface area contributed by atoms with Crippen molar-refractivity contribution in [1.82, 2.24) is 15.0 Å². The SMILES string of the molecule is Nc1nc(Nc2ccc(Oc3ccnc(C(=O)O)c3)cc2)cc(-c2ccc(C(F)(F)F)cc2)n1. The summed E-state index contributed by atoms with van der Waals surface area (Å²) in [5, 5.41) is 12.1. The van der Waals surface area contributed by atoms with E-state index in [0.717, 1.165) is 12.1 Å². The number of aromatic nitrogens is 3. The number of rotatable bonds is 6. The Morgan fingerprint density at radius 3 is 2.29 bits per heavy atom. The van der Waals surface area contributed by atoms with Crippen molar-refractivity contribution in [1.29, 1.82) is 0 Å². The van der Waals surface area contributed by atoms with Crippen LogP contribution in [0.4, 0.5) is 30.6 Å². The number of anilines is 3. The summed E-state index contributed by atoms with van der Waals surface area (Å²) in [6.45, 7) is 0. The van der Waals surface area contributed by atoms with Crippen LogP contribution in [0, 0.1) is 0 Å². The number of nitrogens with one attached hydrogen (secondary N) is 1. The molecule has 34 heavy (non-hydrogen) atoms. The second-order valence-electron chi connectivity index (χ2n) is 7.01. The Balaban J connectivity index is 1.49. The number of halogens is 3. The van der Waals surface area contributed by atoms with Crippen molar-refractivity contribution in [3.05, 3.63) is 84.2 Å². The fourth-order valence-electron chi connectivity index (χ4n) is 2.99. The number of alkyl halides is 3. The van der Waals surface area contributed by atoms with Crippen LogP contribution in [0.3, 0.4) is 0 Å². The first-order valence-electron chi connectivity index (χ1n) is 9.74. The number of nitrogen functional groups attached to an aromatic ring is 1. The maximum absolute atomic E-state index is 12.8. The number of hydrogen-bond acceptors (Lipinski definition) is 7. The zero-order valence-electron chi connectivity index (χ0n) is 17.2. The van der Waals surface area contributed by atoms with Crippen molar-refractivity contribution in [2.45, 2.75) is 6.18 Å². The second-order valence-corrected chi connectivity index (χ2v) is 7.01. The van der Waals surface area contributed by atoms with Crippen LogP contribution in [0.15, 0.2) is 72.9 Å². The minimum Gasteiger partial charge on any atom is -0.477 e. The van der Waals surface area contributed by atoms with Crippen molar-refractivity contribution in [2.24, 2.45) is 0 Å². The van der Waals surface area contributed by atoms with Crippen molar-refractivity contribution in [3.8, 4) is 22.8 Å². The van der Waals surface area contributed by atoms with E-state index >= 15 is 0 Å². The fourth-order valence-corrected chi connectivity index (χ4v) is 2.99. The Labute approximate surface area is 190 Å². The number of carbonyl (C=O) groups is 1. The summed E-state index contributed by atoms with van der Waals surface area (Å²) >= 11 is 0. The lowest BCUT2D eigenvalue weighted by Crippen LogP contribution is -2.04. The van der Waals surface area contributed by atoms with Crippen LogP contribution in [0.2, 0.25) is 0 Å². The Hall–Kier alpha value is -4.67. The highest BCUT2D eigenvalue weighted by Gasteiger charge is 2.30. The maximum atomic E-state index is 12.8. The van der Waals surface area contributed by atoms with Crippen LogP contribution in [-0.4, -0.2) is 26.0 Å². The second kappa shape index (κ2) is 9.06. The summed E-state index contributed by atoms with van der Waals surface area (Å²) in [4.78, 5) is 23.0. The largest absolute Gasteiger partial charge is 0.477 e. The van der Waals surface area contributed by atoms with Crippen molar-refractivity contribution >= 4 is 23.4 Å². The van der Waals surface area contributed by atoms with Crippen LogP contribution < -0.4 is 15.8 Å². The normalized spacial score (nSPS) is 11.1.